The third kappa shape index (κ3) is 5.57. The number of aliphatic imine (C=N–C) groups is 1. The van der Waals surface area contributed by atoms with Gasteiger partial charge in [0.05, 0.1) is 24.7 Å². The van der Waals surface area contributed by atoms with Gasteiger partial charge in [0.15, 0.2) is 28.4 Å². The molecule has 0 unspecified atom stereocenters. The third-order valence-corrected chi connectivity index (χ3v) is 6.07. The zero-order valence-electron chi connectivity index (χ0n) is 23.4. The molecule has 5 aromatic rings. The maximum Gasteiger partial charge on any atom is 0.280 e. The van der Waals surface area contributed by atoms with Gasteiger partial charge in [-0.05, 0) is 41.5 Å². The molecule has 0 saturated heterocycles. The number of imidazole rings is 3. The van der Waals surface area contributed by atoms with Gasteiger partial charge in [-0.2, -0.15) is 4.98 Å². The van der Waals surface area contributed by atoms with Crippen molar-refractivity contribution in [2.24, 2.45) is 4.99 Å². The van der Waals surface area contributed by atoms with E-state index in [9.17, 15) is 4.79 Å². The lowest BCUT2D eigenvalue weighted by Crippen LogP contribution is -2.12. The molecule has 0 fully saturated rings. The normalized spacial score (nSPS) is 12.6. The minimum absolute atomic E-state index is 0.116. The van der Waals surface area contributed by atoms with Crippen molar-refractivity contribution >= 4 is 51.8 Å². The lowest BCUT2D eigenvalue weighted by molar-refractivity contribution is 0.603. The maximum atomic E-state index is 11.4. The Hall–Kier alpha value is -4.95. The summed E-state index contributed by atoms with van der Waals surface area (Å²) in [5.41, 5.74) is 14.4. The van der Waals surface area contributed by atoms with Crippen molar-refractivity contribution in [2.45, 2.75) is 66.1 Å². The van der Waals surface area contributed by atoms with E-state index in [1.54, 1.807) is 29.8 Å². The number of nitrogens with zero attached hydrogens (tertiary/aromatic N) is 10. The fraction of sp³-hybridized carbons (Fsp3) is 0.400. The van der Waals surface area contributed by atoms with E-state index in [1.807, 2.05) is 23.0 Å². The first-order valence-corrected chi connectivity index (χ1v) is 12.8. The molecular weight excluding hydrogens is 512 g/mol. The first kappa shape index (κ1) is 28.1. The van der Waals surface area contributed by atoms with Gasteiger partial charge >= 0.3 is 0 Å². The minimum atomic E-state index is -0.299. The molecule has 5 aromatic heterocycles. The Bertz CT molecular complexity index is 1730. The van der Waals surface area contributed by atoms with Gasteiger partial charge in [0.25, 0.3) is 5.56 Å². The van der Waals surface area contributed by atoms with Crippen LogP contribution in [0.2, 0.25) is 0 Å². The molecule has 0 radical (unpaired) electrons. The van der Waals surface area contributed by atoms with Crippen LogP contribution in [0.25, 0.3) is 22.3 Å². The van der Waals surface area contributed by atoms with Crippen molar-refractivity contribution in [1.82, 2.24) is 48.6 Å². The fourth-order valence-electron chi connectivity index (χ4n) is 3.96. The van der Waals surface area contributed by atoms with Gasteiger partial charge < -0.3 is 30.6 Å². The van der Waals surface area contributed by atoms with Crippen LogP contribution in [0.5, 0.6) is 0 Å². The van der Waals surface area contributed by atoms with Gasteiger partial charge in [-0.3, -0.25) is 9.78 Å². The molecule has 0 aliphatic carbocycles. The lowest BCUT2D eigenvalue weighted by Gasteiger charge is -2.11. The summed E-state index contributed by atoms with van der Waals surface area (Å²) < 4.78 is 5.76. The summed E-state index contributed by atoms with van der Waals surface area (Å²) in [4.78, 5) is 42.4. The van der Waals surface area contributed by atoms with Gasteiger partial charge in [-0.25, -0.2) is 29.9 Å². The molecular formula is C25H34N14O. The van der Waals surface area contributed by atoms with Crippen molar-refractivity contribution in [3.8, 4) is 0 Å². The van der Waals surface area contributed by atoms with Crippen molar-refractivity contribution in [2.75, 3.05) is 11.5 Å². The standard InChI is InChI=1S/C9H12N4.C8H11N5O.C8H11N5/c1-6(2)13-5-12-8-7(10)3-4-11-9(8)13;1-4(2)13-3-10-5-6(13)11-8(9)12-7(5)14;1-5(2)13-4-12-6-7(9)10-3-11-8(6)13/h4-6,10H,3H2,1-2H3;3-4H,1-2H3,(H3,9,11,12,14);3-5H,1-2H3,(H2,9,10,11). The van der Waals surface area contributed by atoms with E-state index < -0.39 is 0 Å². The molecule has 0 atom stereocenters. The highest BCUT2D eigenvalue weighted by Gasteiger charge is 2.18. The average Bonchev–Trinajstić information content (AvgIpc) is 3.62. The molecule has 1 aliphatic rings. The number of hydrogen-bond acceptors (Lipinski definition) is 11. The van der Waals surface area contributed by atoms with Crippen LogP contribution in [0.3, 0.4) is 0 Å². The number of nitrogens with two attached hydrogens (primary N) is 2. The average molecular weight is 547 g/mol. The van der Waals surface area contributed by atoms with Crippen LogP contribution in [0.1, 0.15) is 71.8 Å². The largest absolute Gasteiger partial charge is 0.382 e. The summed E-state index contributed by atoms with van der Waals surface area (Å²) in [6, 6.07) is 0.882. The Morgan fingerprint density at radius 2 is 1.43 bits per heavy atom. The van der Waals surface area contributed by atoms with Gasteiger partial charge in [0.2, 0.25) is 5.95 Å². The molecule has 0 saturated carbocycles. The molecule has 0 bridgehead atoms. The molecule has 0 aromatic carbocycles. The number of nitrogens with one attached hydrogen (secondary N) is 2. The number of rotatable bonds is 3. The van der Waals surface area contributed by atoms with Crippen molar-refractivity contribution in [3.05, 3.63) is 41.4 Å². The monoisotopic (exact) mass is 546 g/mol. The number of fused-ring (bicyclic) bond motifs is 3. The van der Waals surface area contributed by atoms with E-state index in [1.165, 1.54) is 6.33 Å². The van der Waals surface area contributed by atoms with Gasteiger partial charge in [0, 0.05) is 30.8 Å². The van der Waals surface area contributed by atoms with Crippen LogP contribution in [-0.4, -0.2) is 60.5 Å². The van der Waals surface area contributed by atoms with E-state index in [-0.39, 0.29) is 17.5 Å². The van der Waals surface area contributed by atoms with Crippen LogP contribution < -0.4 is 17.0 Å². The highest BCUT2D eigenvalue weighted by molar-refractivity contribution is 6.09. The zero-order chi connectivity index (χ0) is 29.1. The number of hydrogen-bond donors (Lipinski definition) is 4. The smallest absolute Gasteiger partial charge is 0.280 e. The van der Waals surface area contributed by atoms with E-state index in [0.717, 1.165) is 17.2 Å². The molecule has 0 amide bonds. The Morgan fingerprint density at radius 3 is 2.08 bits per heavy atom. The number of nitrogen functional groups attached to an aromatic ring is 2. The maximum absolute atomic E-state index is 11.4. The summed E-state index contributed by atoms with van der Waals surface area (Å²) in [5, 5.41) is 7.66. The lowest BCUT2D eigenvalue weighted by atomic mass is 10.2. The SMILES string of the molecule is CC(C)n1cnc2c(=O)[nH]c(N)nc21.CC(C)n1cnc2c(N)ncnc21.CC(C)n1cnc2c1N=CCC2=N. The van der Waals surface area contributed by atoms with Gasteiger partial charge in [0.1, 0.15) is 17.5 Å². The van der Waals surface area contributed by atoms with Crippen LogP contribution in [0.15, 0.2) is 35.1 Å². The molecule has 0 spiro atoms. The Balaban J connectivity index is 0.000000139. The Morgan fingerprint density at radius 1 is 0.825 bits per heavy atom. The van der Waals surface area contributed by atoms with Gasteiger partial charge in [-0.1, -0.05) is 0 Å². The van der Waals surface area contributed by atoms with Gasteiger partial charge in [-0.15, -0.1) is 0 Å². The molecule has 210 valence electrons. The van der Waals surface area contributed by atoms with Crippen LogP contribution in [0, 0.1) is 5.41 Å². The van der Waals surface area contributed by atoms with E-state index in [4.69, 9.17) is 16.9 Å². The molecule has 15 heteroatoms. The highest BCUT2D eigenvalue weighted by atomic mass is 16.1. The Labute approximate surface area is 230 Å². The first-order valence-electron chi connectivity index (χ1n) is 12.8. The Kier molecular flexibility index (Phi) is 8.02. The molecule has 40 heavy (non-hydrogen) atoms. The molecule has 1 aliphatic heterocycles. The number of anilines is 2. The zero-order valence-corrected chi connectivity index (χ0v) is 23.4. The molecule has 6 N–H and O–H groups in total. The van der Waals surface area contributed by atoms with E-state index in [0.29, 0.717) is 46.7 Å². The summed E-state index contributed by atoms with van der Waals surface area (Å²) in [5.74, 6) is 1.38. The fourth-order valence-corrected chi connectivity index (χ4v) is 3.96. The second-order valence-corrected chi connectivity index (χ2v) is 9.96. The second-order valence-electron chi connectivity index (χ2n) is 9.96. The molecule has 6 heterocycles. The van der Waals surface area contributed by atoms with Crippen molar-refractivity contribution in [3.63, 3.8) is 0 Å². The second kappa shape index (κ2) is 11.4. The van der Waals surface area contributed by atoms with Crippen LogP contribution in [0.4, 0.5) is 17.6 Å². The topological polar surface area (TPSA) is 213 Å². The van der Waals surface area contributed by atoms with E-state index >= 15 is 0 Å². The number of aromatic nitrogens is 10. The summed E-state index contributed by atoms with van der Waals surface area (Å²) >= 11 is 0. The summed E-state index contributed by atoms with van der Waals surface area (Å²) in [7, 11) is 0. The third-order valence-electron chi connectivity index (χ3n) is 6.07. The quantitative estimate of drug-likeness (QED) is 0.261. The molecule has 6 rings (SSSR count). The van der Waals surface area contributed by atoms with Crippen molar-refractivity contribution < 1.29 is 0 Å². The predicted molar refractivity (Wildman–Crippen MR) is 155 cm³/mol. The van der Waals surface area contributed by atoms with Crippen molar-refractivity contribution in [1.29, 1.82) is 5.41 Å². The highest BCUT2D eigenvalue weighted by Crippen LogP contribution is 2.25. The summed E-state index contributed by atoms with van der Waals surface area (Å²) in [6.45, 7) is 12.3. The summed E-state index contributed by atoms with van der Waals surface area (Å²) in [6.07, 6.45) is 8.91. The predicted octanol–water partition coefficient (Wildman–Crippen LogP) is 3.21. The first-order chi connectivity index (χ1) is 19.0. The number of H-pyrrole nitrogens is 1. The minimum Gasteiger partial charge on any atom is -0.382 e. The number of aromatic amines is 1. The van der Waals surface area contributed by atoms with Crippen LogP contribution in [-0.2, 0) is 0 Å². The van der Waals surface area contributed by atoms with E-state index in [2.05, 4.69) is 67.6 Å². The van der Waals surface area contributed by atoms with Crippen LogP contribution >= 0.6 is 0 Å². The molecule has 15 nitrogen and oxygen atoms in total.